The maximum Gasteiger partial charge on any atom is 0.194 e. The number of nitrogens with zero attached hydrogens (tertiary/aromatic N) is 4. The van der Waals surface area contributed by atoms with E-state index in [4.69, 9.17) is 4.74 Å². The molecule has 1 saturated heterocycles. The van der Waals surface area contributed by atoms with E-state index in [2.05, 4.69) is 38.2 Å². The van der Waals surface area contributed by atoms with Crippen LogP contribution in [0, 0.1) is 0 Å². The van der Waals surface area contributed by atoms with Crippen LogP contribution in [0.2, 0.25) is 0 Å². The smallest absolute Gasteiger partial charge is 0.194 e. The minimum absolute atomic E-state index is 0.0127. The maximum atomic E-state index is 11.5. The Morgan fingerprint density at radius 1 is 1.08 bits per heavy atom. The second kappa shape index (κ2) is 6.85. The van der Waals surface area contributed by atoms with Gasteiger partial charge in [-0.1, -0.05) is 12.1 Å². The molecule has 0 bridgehead atoms. The fourth-order valence-corrected chi connectivity index (χ4v) is 3.89. The molecule has 0 spiro atoms. The van der Waals surface area contributed by atoms with E-state index in [0.29, 0.717) is 0 Å². The van der Waals surface area contributed by atoms with Gasteiger partial charge in [0.2, 0.25) is 0 Å². The van der Waals surface area contributed by atoms with Crippen LogP contribution in [0.25, 0.3) is 0 Å². The molecule has 0 N–H and O–H groups in total. The van der Waals surface area contributed by atoms with E-state index in [1.165, 1.54) is 17.2 Å². The Bertz CT molecular complexity index is 891. The van der Waals surface area contributed by atoms with Crippen molar-refractivity contribution < 1.29 is 13.2 Å². The second-order valence-electron chi connectivity index (χ2n) is 6.81. The molecule has 7 nitrogen and oxygen atoms in total. The molecule has 0 aliphatic carbocycles. The number of hydrogen-bond acceptors (Lipinski definition) is 7. The van der Waals surface area contributed by atoms with Gasteiger partial charge in [0, 0.05) is 45.4 Å². The van der Waals surface area contributed by atoms with Crippen LogP contribution in [0.1, 0.15) is 11.1 Å². The first-order valence-electron chi connectivity index (χ1n) is 8.75. The van der Waals surface area contributed by atoms with Crippen molar-refractivity contribution >= 4 is 15.7 Å². The highest BCUT2D eigenvalue weighted by atomic mass is 32.2. The van der Waals surface area contributed by atoms with Crippen molar-refractivity contribution in [3.8, 4) is 5.75 Å². The normalized spacial score (nSPS) is 17.8. The Kier molecular flexibility index (Phi) is 4.54. The molecule has 3 heterocycles. The Hall–Kier alpha value is -2.19. The average Bonchev–Trinajstić information content (AvgIpc) is 3.10. The first kappa shape index (κ1) is 17.2. The zero-order valence-electron chi connectivity index (χ0n) is 14.8. The molecule has 26 heavy (non-hydrogen) atoms. The van der Waals surface area contributed by atoms with E-state index in [-0.39, 0.29) is 5.03 Å². The van der Waals surface area contributed by atoms with Gasteiger partial charge in [-0.15, -0.1) is 10.2 Å². The fourth-order valence-electron chi connectivity index (χ4n) is 3.38. The average molecular weight is 374 g/mol. The van der Waals surface area contributed by atoms with Crippen LogP contribution in [-0.2, 0) is 22.8 Å². The summed E-state index contributed by atoms with van der Waals surface area (Å²) in [5.74, 6) is 1.75. The third kappa shape index (κ3) is 3.66. The van der Waals surface area contributed by atoms with Crippen LogP contribution >= 0.6 is 0 Å². The van der Waals surface area contributed by atoms with Crippen molar-refractivity contribution in [1.29, 1.82) is 0 Å². The number of piperazine rings is 1. The lowest BCUT2D eigenvalue weighted by molar-refractivity contribution is 0.248. The molecular formula is C18H22N4O3S. The molecule has 4 rings (SSSR count). The molecule has 2 aliphatic rings. The van der Waals surface area contributed by atoms with Gasteiger partial charge in [-0.2, -0.15) is 0 Å². The van der Waals surface area contributed by atoms with Gasteiger partial charge >= 0.3 is 0 Å². The highest BCUT2D eigenvalue weighted by molar-refractivity contribution is 7.90. The van der Waals surface area contributed by atoms with E-state index in [1.807, 2.05) is 0 Å². The molecule has 0 amide bonds. The Morgan fingerprint density at radius 3 is 2.58 bits per heavy atom. The summed E-state index contributed by atoms with van der Waals surface area (Å²) in [7, 11) is -3.31. The van der Waals surface area contributed by atoms with Gasteiger partial charge in [0.25, 0.3) is 0 Å². The number of ether oxygens (including phenoxy) is 1. The number of rotatable bonds is 4. The van der Waals surface area contributed by atoms with Gasteiger partial charge in [-0.3, -0.25) is 4.90 Å². The van der Waals surface area contributed by atoms with Gasteiger partial charge in [0.15, 0.2) is 20.7 Å². The highest BCUT2D eigenvalue weighted by Gasteiger charge is 2.20. The lowest BCUT2D eigenvalue weighted by Gasteiger charge is -2.35. The van der Waals surface area contributed by atoms with Crippen molar-refractivity contribution in [2.45, 2.75) is 18.0 Å². The molecule has 8 heteroatoms. The molecule has 1 fully saturated rings. The molecule has 138 valence electrons. The number of benzene rings is 1. The molecule has 0 radical (unpaired) electrons. The molecule has 2 aliphatic heterocycles. The van der Waals surface area contributed by atoms with Crippen molar-refractivity contribution in [3.05, 3.63) is 41.5 Å². The van der Waals surface area contributed by atoms with Crippen LogP contribution in [0.3, 0.4) is 0 Å². The summed E-state index contributed by atoms with van der Waals surface area (Å²) in [6.45, 7) is 5.23. The molecule has 0 atom stereocenters. The van der Waals surface area contributed by atoms with Gasteiger partial charge in [-0.05, 0) is 29.3 Å². The van der Waals surface area contributed by atoms with Crippen LogP contribution < -0.4 is 9.64 Å². The zero-order chi connectivity index (χ0) is 18.1. The van der Waals surface area contributed by atoms with Crippen LogP contribution in [0.5, 0.6) is 5.75 Å². The summed E-state index contributed by atoms with van der Waals surface area (Å²) in [6, 6.07) is 9.78. The van der Waals surface area contributed by atoms with E-state index in [9.17, 15) is 8.42 Å². The number of fused-ring (bicyclic) bond motifs is 1. The minimum atomic E-state index is -3.31. The van der Waals surface area contributed by atoms with Crippen molar-refractivity contribution in [2.24, 2.45) is 0 Å². The van der Waals surface area contributed by atoms with Gasteiger partial charge in [-0.25, -0.2) is 8.42 Å². The summed E-state index contributed by atoms with van der Waals surface area (Å²) >= 11 is 0. The molecule has 1 aromatic heterocycles. The SMILES string of the molecule is CS(=O)(=O)c1ccc(N2CCN(Cc3ccc4c(c3)OCC4)CC2)nn1. The number of sulfone groups is 1. The van der Waals surface area contributed by atoms with Gasteiger partial charge < -0.3 is 9.64 Å². The summed E-state index contributed by atoms with van der Waals surface area (Å²) in [5.41, 5.74) is 2.58. The minimum Gasteiger partial charge on any atom is -0.493 e. The summed E-state index contributed by atoms with van der Waals surface area (Å²) in [6.07, 6.45) is 2.15. The first-order chi connectivity index (χ1) is 12.5. The van der Waals surface area contributed by atoms with Gasteiger partial charge in [0.05, 0.1) is 6.61 Å². The summed E-state index contributed by atoms with van der Waals surface area (Å²) in [5, 5.41) is 7.93. The predicted molar refractivity (Wildman–Crippen MR) is 98.3 cm³/mol. The Labute approximate surface area is 153 Å². The lowest BCUT2D eigenvalue weighted by atomic mass is 10.1. The molecule has 2 aromatic rings. The standard InChI is InChI=1S/C18H22N4O3S/c1-26(23,24)18-5-4-17(19-20-18)22-9-7-21(8-10-22)13-14-2-3-15-6-11-25-16(15)12-14/h2-5,12H,6-11,13H2,1H3. The molecular weight excluding hydrogens is 352 g/mol. The molecule has 0 saturated carbocycles. The Balaban J connectivity index is 1.35. The lowest BCUT2D eigenvalue weighted by Crippen LogP contribution is -2.46. The van der Waals surface area contributed by atoms with Crippen molar-refractivity contribution in [1.82, 2.24) is 15.1 Å². The first-order valence-corrected chi connectivity index (χ1v) is 10.6. The highest BCUT2D eigenvalue weighted by Crippen LogP contribution is 2.27. The largest absolute Gasteiger partial charge is 0.493 e. The van der Waals surface area contributed by atoms with E-state index in [0.717, 1.165) is 63.6 Å². The van der Waals surface area contributed by atoms with Crippen LogP contribution in [-0.4, -0.2) is 62.6 Å². The summed E-state index contributed by atoms with van der Waals surface area (Å²) < 4.78 is 28.6. The number of hydrogen-bond donors (Lipinski definition) is 0. The second-order valence-corrected chi connectivity index (χ2v) is 8.77. The van der Waals surface area contributed by atoms with E-state index >= 15 is 0 Å². The third-order valence-electron chi connectivity index (χ3n) is 4.87. The maximum absolute atomic E-state index is 11.5. The van der Waals surface area contributed by atoms with Crippen molar-refractivity contribution in [2.75, 3.05) is 43.9 Å². The fraction of sp³-hybridized carbons (Fsp3) is 0.444. The summed E-state index contributed by atoms with van der Waals surface area (Å²) in [4.78, 5) is 4.55. The quantitative estimate of drug-likeness (QED) is 0.794. The molecule has 0 unspecified atom stereocenters. The van der Waals surface area contributed by atoms with Crippen LogP contribution in [0.4, 0.5) is 5.82 Å². The zero-order valence-corrected chi connectivity index (χ0v) is 15.6. The van der Waals surface area contributed by atoms with Crippen LogP contribution in [0.15, 0.2) is 35.4 Å². The van der Waals surface area contributed by atoms with E-state index < -0.39 is 9.84 Å². The predicted octanol–water partition coefficient (Wildman–Crippen LogP) is 1.14. The van der Waals surface area contributed by atoms with Crippen molar-refractivity contribution in [3.63, 3.8) is 0 Å². The monoisotopic (exact) mass is 374 g/mol. The topological polar surface area (TPSA) is 75.6 Å². The Morgan fingerprint density at radius 2 is 1.88 bits per heavy atom. The third-order valence-corrected chi connectivity index (χ3v) is 5.85. The number of anilines is 1. The number of aromatic nitrogens is 2. The molecule has 1 aromatic carbocycles. The van der Waals surface area contributed by atoms with E-state index in [1.54, 1.807) is 6.07 Å². The van der Waals surface area contributed by atoms with Gasteiger partial charge in [0.1, 0.15) is 5.75 Å².